The van der Waals surface area contributed by atoms with Crippen molar-refractivity contribution in [2.24, 2.45) is 5.73 Å². The van der Waals surface area contributed by atoms with E-state index in [4.69, 9.17) is 15.2 Å². The van der Waals surface area contributed by atoms with E-state index >= 15 is 0 Å². The molecule has 2 N–H and O–H groups in total. The standard InChI is InChI=1S/C15H27N3O2/c1-3-9-18-15(14(19-2)11-17-18)13(16)8-7-12-6-4-5-10-20-12/h11-13H,3-10,16H2,1-2H3. The van der Waals surface area contributed by atoms with E-state index in [1.165, 1.54) is 12.8 Å². The lowest BCUT2D eigenvalue weighted by Gasteiger charge is -2.24. The third-order valence-electron chi connectivity index (χ3n) is 3.93. The second-order valence-corrected chi connectivity index (χ2v) is 5.49. The third-order valence-corrected chi connectivity index (χ3v) is 3.93. The van der Waals surface area contributed by atoms with Crippen molar-refractivity contribution >= 4 is 0 Å². The van der Waals surface area contributed by atoms with Crippen LogP contribution in [0.25, 0.3) is 0 Å². The molecular formula is C15H27N3O2. The fraction of sp³-hybridized carbons (Fsp3) is 0.800. The summed E-state index contributed by atoms with van der Waals surface area (Å²) >= 11 is 0. The normalized spacial score (nSPS) is 20.9. The van der Waals surface area contributed by atoms with Gasteiger partial charge in [-0.1, -0.05) is 6.92 Å². The first-order valence-electron chi connectivity index (χ1n) is 7.73. The summed E-state index contributed by atoms with van der Waals surface area (Å²) in [6.45, 7) is 3.92. The first-order valence-corrected chi connectivity index (χ1v) is 7.73. The molecule has 0 aromatic carbocycles. The maximum Gasteiger partial charge on any atom is 0.161 e. The molecule has 2 rings (SSSR count). The average molecular weight is 281 g/mol. The van der Waals surface area contributed by atoms with Crippen LogP contribution in [0.1, 0.15) is 57.2 Å². The third kappa shape index (κ3) is 3.73. The van der Waals surface area contributed by atoms with E-state index in [-0.39, 0.29) is 6.04 Å². The van der Waals surface area contributed by atoms with Gasteiger partial charge in [0.1, 0.15) is 0 Å². The first kappa shape index (κ1) is 15.3. The van der Waals surface area contributed by atoms with Crippen LogP contribution >= 0.6 is 0 Å². The maximum atomic E-state index is 6.37. The Bertz CT molecular complexity index is 400. The molecule has 1 aromatic rings. The number of aryl methyl sites for hydroxylation is 1. The highest BCUT2D eigenvalue weighted by atomic mass is 16.5. The van der Waals surface area contributed by atoms with Gasteiger partial charge in [0.15, 0.2) is 5.75 Å². The highest BCUT2D eigenvalue weighted by Crippen LogP contribution is 2.28. The Morgan fingerprint density at radius 2 is 2.40 bits per heavy atom. The van der Waals surface area contributed by atoms with Crippen LogP contribution in [0.5, 0.6) is 5.75 Å². The van der Waals surface area contributed by atoms with E-state index in [0.29, 0.717) is 6.10 Å². The van der Waals surface area contributed by atoms with E-state index in [2.05, 4.69) is 12.0 Å². The van der Waals surface area contributed by atoms with Gasteiger partial charge < -0.3 is 15.2 Å². The smallest absolute Gasteiger partial charge is 0.161 e. The fourth-order valence-corrected chi connectivity index (χ4v) is 2.84. The summed E-state index contributed by atoms with van der Waals surface area (Å²) in [7, 11) is 1.67. The second kappa shape index (κ2) is 7.64. The molecule has 20 heavy (non-hydrogen) atoms. The zero-order chi connectivity index (χ0) is 14.4. The molecule has 114 valence electrons. The number of hydrogen-bond acceptors (Lipinski definition) is 4. The Hall–Kier alpha value is -1.07. The van der Waals surface area contributed by atoms with Crippen LogP contribution in [0.2, 0.25) is 0 Å². The Balaban J connectivity index is 1.96. The average Bonchev–Trinajstić information content (AvgIpc) is 2.89. The molecule has 5 nitrogen and oxygen atoms in total. The van der Waals surface area contributed by atoms with Gasteiger partial charge >= 0.3 is 0 Å². The lowest BCUT2D eigenvalue weighted by molar-refractivity contribution is 0.00898. The molecule has 0 amide bonds. The monoisotopic (exact) mass is 281 g/mol. The van der Waals surface area contributed by atoms with Gasteiger partial charge in [0, 0.05) is 13.2 Å². The van der Waals surface area contributed by atoms with Crippen LogP contribution in [0, 0.1) is 0 Å². The first-order chi connectivity index (χ1) is 9.76. The van der Waals surface area contributed by atoms with E-state index in [1.807, 2.05) is 4.68 Å². The van der Waals surface area contributed by atoms with E-state index in [9.17, 15) is 0 Å². The maximum absolute atomic E-state index is 6.37. The van der Waals surface area contributed by atoms with Gasteiger partial charge in [-0.15, -0.1) is 0 Å². The fourth-order valence-electron chi connectivity index (χ4n) is 2.84. The number of methoxy groups -OCH3 is 1. The Kier molecular flexibility index (Phi) is 5.86. The summed E-state index contributed by atoms with van der Waals surface area (Å²) in [6.07, 6.45) is 8.74. The van der Waals surface area contributed by atoms with Gasteiger partial charge in [0.25, 0.3) is 0 Å². The molecule has 2 unspecified atom stereocenters. The molecular weight excluding hydrogens is 254 g/mol. The zero-order valence-corrected chi connectivity index (χ0v) is 12.7. The van der Waals surface area contributed by atoms with Crippen molar-refractivity contribution in [2.45, 2.75) is 64.1 Å². The molecule has 0 saturated carbocycles. The predicted octanol–water partition coefficient (Wildman–Crippen LogP) is 2.65. The molecule has 2 atom stereocenters. The minimum atomic E-state index is -0.0375. The molecule has 1 aliphatic heterocycles. The molecule has 1 fully saturated rings. The van der Waals surface area contributed by atoms with Crippen LogP contribution in [0.15, 0.2) is 6.20 Å². The van der Waals surface area contributed by atoms with Gasteiger partial charge in [0.2, 0.25) is 0 Å². The van der Waals surface area contributed by atoms with Crippen molar-refractivity contribution < 1.29 is 9.47 Å². The van der Waals surface area contributed by atoms with Crippen LogP contribution in [-0.4, -0.2) is 29.6 Å². The van der Waals surface area contributed by atoms with Crippen molar-refractivity contribution in [2.75, 3.05) is 13.7 Å². The number of nitrogens with two attached hydrogens (primary N) is 1. The SMILES string of the molecule is CCCn1ncc(OC)c1C(N)CCC1CCCCO1. The summed E-state index contributed by atoms with van der Waals surface area (Å²) in [6, 6.07) is -0.0375. The van der Waals surface area contributed by atoms with Crippen molar-refractivity contribution in [1.82, 2.24) is 9.78 Å². The van der Waals surface area contributed by atoms with Gasteiger partial charge in [-0.3, -0.25) is 4.68 Å². The van der Waals surface area contributed by atoms with E-state index in [0.717, 1.165) is 50.3 Å². The minimum Gasteiger partial charge on any atom is -0.493 e. The van der Waals surface area contributed by atoms with Crippen LogP contribution < -0.4 is 10.5 Å². The molecule has 1 aliphatic rings. The van der Waals surface area contributed by atoms with E-state index < -0.39 is 0 Å². The van der Waals surface area contributed by atoms with Gasteiger partial charge in [-0.2, -0.15) is 5.10 Å². The van der Waals surface area contributed by atoms with Crippen molar-refractivity contribution in [3.63, 3.8) is 0 Å². The Labute approximate surface area is 121 Å². The largest absolute Gasteiger partial charge is 0.493 e. The highest BCUT2D eigenvalue weighted by Gasteiger charge is 2.21. The van der Waals surface area contributed by atoms with Gasteiger partial charge in [-0.25, -0.2) is 0 Å². The molecule has 0 spiro atoms. The lowest BCUT2D eigenvalue weighted by atomic mass is 10.0. The summed E-state index contributed by atoms with van der Waals surface area (Å²) < 4.78 is 13.1. The molecule has 0 radical (unpaired) electrons. The topological polar surface area (TPSA) is 62.3 Å². The highest BCUT2D eigenvalue weighted by molar-refractivity contribution is 5.28. The summed E-state index contributed by atoms with van der Waals surface area (Å²) in [5, 5.41) is 4.37. The minimum absolute atomic E-state index is 0.0375. The summed E-state index contributed by atoms with van der Waals surface area (Å²) in [5.74, 6) is 0.801. The molecule has 1 saturated heterocycles. The number of hydrogen-bond donors (Lipinski definition) is 1. The number of rotatable bonds is 7. The van der Waals surface area contributed by atoms with Crippen LogP contribution in [0.4, 0.5) is 0 Å². The Morgan fingerprint density at radius 3 is 3.05 bits per heavy atom. The summed E-state index contributed by atoms with van der Waals surface area (Å²) in [4.78, 5) is 0. The predicted molar refractivity (Wildman–Crippen MR) is 78.8 cm³/mol. The second-order valence-electron chi connectivity index (χ2n) is 5.49. The molecule has 0 bridgehead atoms. The molecule has 0 aliphatic carbocycles. The number of aromatic nitrogens is 2. The quantitative estimate of drug-likeness (QED) is 0.834. The molecule has 2 heterocycles. The number of nitrogens with zero attached hydrogens (tertiary/aromatic N) is 2. The van der Waals surface area contributed by atoms with Crippen molar-refractivity contribution in [1.29, 1.82) is 0 Å². The van der Waals surface area contributed by atoms with Crippen LogP contribution in [-0.2, 0) is 11.3 Å². The molecule has 5 heteroatoms. The van der Waals surface area contributed by atoms with Crippen molar-refractivity contribution in [3.05, 3.63) is 11.9 Å². The number of ether oxygens (including phenoxy) is 2. The Morgan fingerprint density at radius 1 is 1.55 bits per heavy atom. The van der Waals surface area contributed by atoms with Gasteiger partial charge in [0.05, 0.1) is 31.1 Å². The van der Waals surface area contributed by atoms with Gasteiger partial charge in [-0.05, 0) is 38.5 Å². The van der Waals surface area contributed by atoms with Crippen molar-refractivity contribution in [3.8, 4) is 5.75 Å². The zero-order valence-electron chi connectivity index (χ0n) is 12.7. The summed E-state index contributed by atoms with van der Waals surface area (Å²) in [5.41, 5.74) is 7.39. The molecule has 1 aromatic heterocycles. The lowest BCUT2D eigenvalue weighted by Crippen LogP contribution is -2.23. The van der Waals surface area contributed by atoms with E-state index in [1.54, 1.807) is 13.3 Å². The van der Waals surface area contributed by atoms with Crippen LogP contribution in [0.3, 0.4) is 0 Å².